The van der Waals surface area contributed by atoms with E-state index in [1.54, 1.807) is 49.4 Å². The number of ether oxygens (including phenoxy) is 1. The lowest BCUT2D eigenvalue weighted by Crippen LogP contribution is -2.28. The van der Waals surface area contributed by atoms with Crippen molar-refractivity contribution >= 4 is 29.3 Å². The summed E-state index contributed by atoms with van der Waals surface area (Å²) in [5.41, 5.74) is 1.00. The van der Waals surface area contributed by atoms with Crippen LogP contribution in [0.5, 0.6) is 0 Å². The first kappa shape index (κ1) is 16.8. The van der Waals surface area contributed by atoms with Gasteiger partial charge in [-0.05, 0) is 49.0 Å². The standard InChI is InChI=1S/C16H16N2O4S/c1-2-22-16(20)12-6-8-13(9-7-12)17-14(19)11-23-15-5-3-4-10-18(15)21/h3-10H,2,11H2,1H3,(H,17,19). The van der Waals surface area contributed by atoms with Gasteiger partial charge in [0.25, 0.3) is 5.03 Å². The molecule has 0 bridgehead atoms. The smallest absolute Gasteiger partial charge is 0.338 e. The Hall–Kier alpha value is -2.54. The number of rotatable bonds is 6. The van der Waals surface area contributed by atoms with Crippen molar-refractivity contribution in [2.24, 2.45) is 0 Å². The lowest BCUT2D eigenvalue weighted by molar-refractivity contribution is -0.645. The maximum absolute atomic E-state index is 11.9. The van der Waals surface area contributed by atoms with Crippen molar-refractivity contribution in [3.05, 3.63) is 59.4 Å². The van der Waals surface area contributed by atoms with E-state index < -0.39 is 5.97 Å². The van der Waals surface area contributed by atoms with Crippen LogP contribution in [-0.4, -0.2) is 24.2 Å². The fraction of sp³-hybridized carbons (Fsp3) is 0.188. The van der Waals surface area contributed by atoms with E-state index in [4.69, 9.17) is 4.74 Å². The number of esters is 1. The molecule has 7 heteroatoms. The summed E-state index contributed by atoms with van der Waals surface area (Å²) in [7, 11) is 0. The first-order chi connectivity index (χ1) is 11.1. The van der Waals surface area contributed by atoms with Crippen LogP contribution in [0.25, 0.3) is 0 Å². The largest absolute Gasteiger partial charge is 0.618 e. The number of carbonyl (C=O) groups is 2. The molecule has 0 atom stereocenters. The molecule has 6 nitrogen and oxygen atoms in total. The molecule has 1 aromatic carbocycles. The number of hydrogen-bond donors (Lipinski definition) is 1. The Kier molecular flexibility index (Phi) is 5.99. The van der Waals surface area contributed by atoms with Crippen LogP contribution in [0.1, 0.15) is 17.3 Å². The number of nitrogens with one attached hydrogen (secondary N) is 1. The van der Waals surface area contributed by atoms with Gasteiger partial charge in [0, 0.05) is 17.8 Å². The van der Waals surface area contributed by atoms with Gasteiger partial charge in [-0.2, -0.15) is 4.73 Å². The summed E-state index contributed by atoms with van der Waals surface area (Å²) in [6.45, 7) is 2.05. The Morgan fingerprint density at radius 2 is 1.96 bits per heavy atom. The molecule has 1 heterocycles. The summed E-state index contributed by atoms with van der Waals surface area (Å²) >= 11 is 1.15. The highest BCUT2D eigenvalue weighted by Gasteiger charge is 2.10. The molecular formula is C16H16N2O4S. The lowest BCUT2D eigenvalue weighted by atomic mass is 10.2. The van der Waals surface area contributed by atoms with Gasteiger partial charge in [0.2, 0.25) is 5.91 Å². The van der Waals surface area contributed by atoms with Gasteiger partial charge in [-0.3, -0.25) is 4.79 Å². The summed E-state index contributed by atoms with van der Waals surface area (Å²) in [5.74, 6) is -0.515. The van der Waals surface area contributed by atoms with Crippen molar-refractivity contribution < 1.29 is 19.1 Å². The second-order valence-electron chi connectivity index (χ2n) is 4.50. The summed E-state index contributed by atoms with van der Waals surface area (Å²) in [4.78, 5) is 23.4. The monoisotopic (exact) mass is 332 g/mol. The molecule has 0 fully saturated rings. The number of thioether (sulfide) groups is 1. The van der Waals surface area contributed by atoms with E-state index in [9.17, 15) is 14.8 Å². The zero-order valence-corrected chi connectivity index (χ0v) is 13.3. The molecule has 0 radical (unpaired) electrons. The summed E-state index contributed by atoms with van der Waals surface area (Å²) in [6, 6.07) is 11.5. The molecule has 0 aliphatic carbocycles. The number of pyridine rings is 1. The molecule has 1 aromatic heterocycles. The number of nitrogens with zero attached hydrogens (tertiary/aromatic N) is 1. The van der Waals surface area contributed by atoms with Crippen molar-refractivity contribution in [3.8, 4) is 0 Å². The molecule has 0 saturated carbocycles. The molecule has 0 aliphatic heterocycles. The maximum Gasteiger partial charge on any atom is 0.338 e. The molecular weight excluding hydrogens is 316 g/mol. The van der Waals surface area contributed by atoms with Crippen LogP contribution in [0, 0.1) is 5.21 Å². The molecule has 1 amide bonds. The van der Waals surface area contributed by atoms with Crippen LogP contribution in [0.15, 0.2) is 53.7 Å². The Labute approximate surface area is 138 Å². The van der Waals surface area contributed by atoms with Crippen LogP contribution < -0.4 is 10.0 Å². The van der Waals surface area contributed by atoms with Crippen LogP contribution >= 0.6 is 11.8 Å². The molecule has 0 unspecified atom stereocenters. The van der Waals surface area contributed by atoms with Crippen molar-refractivity contribution in [2.45, 2.75) is 11.9 Å². The highest BCUT2D eigenvalue weighted by atomic mass is 32.2. The van der Waals surface area contributed by atoms with Gasteiger partial charge in [-0.25, -0.2) is 4.79 Å². The highest BCUT2D eigenvalue weighted by molar-refractivity contribution is 7.99. The van der Waals surface area contributed by atoms with Crippen LogP contribution in [0.3, 0.4) is 0 Å². The number of hydrogen-bond acceptors (Lipinski definition) is 5. The number of carbonyl (C=O) groups excluding carboxylic acids is 2. The topological polar surface area (TPSA) is 82.3 Å². The van der Waals surface area contributed by atoms with Gasteiger partial charge in [-0.1, -0.05) is 0 Å². The fourth-order valence-corrected chi connectivity index (χ4v) is 2.48. The number of benzene rings is 1. The lowest BCUT2D eigenvalue weighted by Gasteiger charge is -2.06. The third kappa shape index (κ3) is 5.00. The first-order valence-corrected chi connectivity index (χ1v) is 7.96. The minimum Gasteiger partial charge on any atom is -0.618 e. The fourth-order valence-electron chi connectivity index (χ4n) is 1.77. The third-order valence-corrected chi connectivity index (χ3v) is 3.84. The minimum absolute atomic E-state index is 0.117. The van der Waals surface area contributed by atoms with Gasteiger partial charge in [0.1, 0.15) is 0 Å². The van der Waals surface area contributed by atoms with E-state index in [1.807, 2.05) is 0 Å². The maximum atomic E-state index is 11.9. The Morgan fingerprint density at radius 1 is 1.22 bits per heavy atom. The van der Waals surface area contributed by atoms with Gasteiger partial charge >= 0.3 is 5.97 Å². The molecule has 0 saturated heterocycles. The van der Waals surface area contributed by atoms with Crippen LogP contribution in [0.4, 0.5) is 5.69 Å². The molecule has 1 N–H and O–H groups in total. The van der Waals surface area contributed by atoms with Gasteiger partial charge < -0.3 is 15.3 Å². The van der Waals surface area contributed by atoms with Gasteiger partial charge in [0.05, 0.1) is 17.9 Å². The SMILES string of the molecule is CCOC(=O)c1ccc(NC(=O)CSc2cccc[n+]2[O-])cc1. The molecule has 23 heavy (non-hydrogen) atoms. The Bertz CT molecular complexity index is 689. The van der Waals surface area contributed by atoms with Crippen molar-refractivity contribution in [1.82, 2.24) is 0 Å². The van der Waals surface area contributed by atoms with E-state index in [2.05, 4.69) is 5.32 Å². The van der Waals surface area contributed by atoms with E-state index >= 15 is 0 Å². The second-order valence-corrected chi connectivity index (χ2v) is 5.49. The quantitative estimate of drug-likeness (QED) is 0.380. The van der Waals surface area contributed by atoms with E-state index in [0.717, 1.165) is 11.8 Å². The molecule has 0 aliphatic rings. The van der Waals surface area contributed by atoms with E-state index in [0.29, 0.717) is 27.6 Å². The average molecular weight is 332 g/mol. The normalized spacial score (nSPS) is 10.1. The predicted octanol–water partition coefficient (Wildman–Crippen LogP) is 2.23. The minimum atomic E-state index is -0.398. The Balaban J connectivity index is 1.88. The van der Waals surface area contributed by atoms with Crippen molar-refractivity contribution in [3.63, 3.8) is 0 Å². The number of aromatic nitrogens is 1. The first-order valence-electron chi connectivity index (χ1n) is 6.98. The van der Waals surface area contributed by atoms with E-state index in [-0.39, 0.29) is 11.7 Å². The number of amides is 1. The van der Waals surface area contributed by atoms with Gasteiger partial charge in [0.15, 0.2) is 6.20 Å². The molecule has 2 rings (SSSR count). The molecule has 2 aromatic rings. The number of anilines is 1. The Morgan fingerprint density at radius 3 is 2.61 bits per heavy atom. The third-order valence-electron chi connectivity index (χ3n) is 2.82. The molecule has 0 spiro atoms. The van der Waals surface area contributed by atoms with Crippen LogP contribution in [-0.2, 0) is 9.53 Å². The zero-order chi connectivity index (χ0) is 16.7. The van der Waals surface area contributed by atoms with Crippen LogP contribution in [0.2, 0.25) is 0 Å². The predicted molar refractivity (Wildman–Crippen MR) is 87.2 cm³/mol. The van der Waals surface area contributed by atoms with Crippen molar-refractivity contribution in [2.75, 3.05) is 17.7 Å². The summed E-state index contributed by atoms with van der Waals surface area (Å²) in [6.07, 6.45) is 1.38. The second kappa shape index (κ2) is 8.19. The highest BCUT2D eigenvalue weighted by Crippen LogP contribution is 2.14. The summed E-state index contributed by atoms with van der Waals surface area (Å²) < 4.78 is 5.60. The van der Waals surface area contributed by atoms with Gasteiger partial charge in [-0.15, -0.1) is 0 Å². The van der Waals surface area contributed by atoms with Crippen molar-refractivity contribution in [1.29, 1.82) is 0 Å². The average Bonchev–Trinajstić information content (AvgIpc) is 2.55. The summed E-state index contributed by atoms with van der Waals surface area (Å²) in [5, 5.41) is 14.6. The van der Waals surface area contributed by atoms with E-state index in [1.165, 1.54) is 6.20 Å². The molecule has 120 valence electrons. The zero-order valence-electron chi connectivity index (χ0n) is 12.5.